The van der Waals surface area contributed by atoms with Gasteiger partial charge in [-0.1, -0.05) is 6.08 Å². The number of carbonyl (C=O) groups excluding carboxylic acids is 1. The summed E-state index contributed by atoms with van der Waals surface area (Å²) >= 11 is 0. The first kappa shape index (κ1) is 13.0. The molecule has 1 heterocycles. The Morgan fingerprint density at radius 1 is 1.47 bits per heavy atom. The smallest absolute Gasteiger partial charge is 0.255 e. The number of hydrogen-bond donors (Lipinski definition) is 1. The summed E-state index contributed by atoms with van der Waals surface area (Å²) in [6.07, 6.45) is 3.11. The van der Waals surface area contributed by atoms with Crippen molar-refractivity contribution in [2.24, 2.45) is 0 Å². The summed E-state index contributed by atoms with van der Waals surface area (Å²) in [5, 5.41) is 6.85. The van der Waals surface area contributed by atoms with E-state index in [1.807, 2.05) is 0 Å². The van der Waals surface area contributed by atoms with Crippen molar-refractivity contribution in [1.82, 2.24) is 15.1 Å². The van der Waals surface area contributed by atoms with Crippen LogP contribution in [0, 0.1) is 12.7 Å². The summed E-state index contributed by atoms with van der Waals surface area (Å²) in [4.78, 5) is 11.9. The van der Waals surface area contributed by atoms with Gasteiger partial charge in [0, 0.05) is 6.54 Å². The molecule has 0 spiro atoms. The molecule has 1 N–H and O–H groups in total. The second-order valence-corrected chi connectivity index (χ2v) is 4.03. The third kappa shape index (κ3) is 2.70. The fourth-order valence-electron chi connectivity index (χ4n) is 1.74. The monoisotopic (exact) mass is 259 g/mol. The molecule has 1 amide bonds. The molecule has 98 valence electrons. The topological polar surface area (TPSA) is 46.9 Å². The highest BCUT2D eigenvalue weighted by molar-refractivity contribution is 5.95. The van der Waals surface area contributed by atoms with Crippen LogP contribution in [-0.2, 0) is 0 Å². The van der Waals surface area contributed by atoms with Crippen LogP contribution in [0.25, 0.3) is 5.69 Å². The fraction of sp³-hybridized carbons (Fsp3) is 0.143. The second-order valence-electron chi connectivity index (χ2n) is 4.03. The highest BCUT2D eigenvalue weighted by Crippen LogP contribution is 2.14. The summed E-state index contributed by atoms with van der Waals surface area (Å²) in [6.45, 7) is 5.73. The average Bonchev–Trinajstić information content (AvgIpc) is 2.79. The molecule has 1 aromatic carbocycles. The number of amides is 1. The second kappa shape index (κ2) is 5.48. The number of carbonyl (C=O) groups is 1. The predicted molar refractivity (Wildman–Crippen MR) is 70.8 cm³/mol. The van der Waals surface area contributed by atoms with Gasteiger partial charge in [-0.25, -0.2) is 9.07 Å². The highest BCUT2D eigenvalue weighted by atomic mass is 19.1. The summed E-state index contributed by atoms with van der Waals surface area (Å²) < 4.78 is 14.5. The minimum atomic E-state index is -0.308. The van der Waals surface area contributed by atoms with Gasteiger partial charge in [-0.05, 0) is 31.2 Å². The van der Waals surface area contributed by atoms with Crippen molar-refractivity contribution in [2.45, 2.75) is 6.92 Å². The molecule has 1 aromatic heterocycles. The van der Waals surface area contributed by atoms with E-state index in [1.165, 1.54) is 18.3 Å². The minimum absolute atomic E-state index is 0.203. The van der Waals surface area contributed by atoms with Gasteiger partial charge in [0.15, 0.2) is 0 Å². The Morgan fingerprint density at radius 2 is 2.16 bits per heavy atom. The maximum Gasteiger partial charge on any atom is 0.255 e. The zero-order valence-corrected chi connectivity index (χ0v) is 10.6. The van der Waals surface area contributed by atoms with E-state index in [0.29, 0.717) is 23.5 Å². The average molecular weight is 259 g/mol. The fourth-order valence-corrected chi connectivity index (χ4v) is 1.74. The molecule has 0 aliphatic heterocycles. The lowest BCUT2D eigenvalue weighted by Crippen LogP contribution is -2.23. The Hall–Kier alpha value is -2.43. The molecule has 0 unspecified atom stereocenters. The molecule has 19 heavy (non-hydrogen) atoms. The molecule has 0 fully saturated rings. The van der Waals surface area contributed by atoms with Gasteiger partial charge >= 0.3 is 0 Å². The first-order valence-electron chi connectivity index (χ1n) is 5.83. The number of rotatable bonds is 4. The SMILES string of the molecule is C=CCNC(=O)c1cnn(-c2ccc(F)cc2)c1C. The zero-order chi connectivity index (χ0) is 13.8. The van der Waals surface area contributed by atoms with E-state index in [2.05, 4.69) is 17.0 Å². The summed E-state index contributed by atoms with van der Waals surface area (Å²) in [7, 11) is 0. The Morgan fingerprint density at radius 3 is 2.79 bits per heavy atom. The van der Waals surface area contributed by atoms with Gasteiger partial charge in [0.25, 0.3) is 5.91 Å². The van der Waals surface area contributed by atoms with Crippen molar-refractivity contribution < 1.29 is 9.18 Å². The molecule has 0 bridgehead atoms. The molecule has 5 heteroatoms. The van der Waals surface area contributed by atoms with Crippen LogP contribution in [0.1, 0.15) is 16.1 Å². The van der Waals surface area contributed by atoms with Crippen LogP contribution in [0.15, 0.2) is 43.1 Å². The molecule has 0 saturated carbocycles. The van der Waals surface area contributed by atoms with Gasteiger partial charge in [-0.15, -0.1) is 6.58 Å². The first-order valence-corrected chi connectivity index (χ1v) is 5.83. The predicted octanol–water partition coefficient (Wildman–Crippen LogP) is 2.24. The van der Waals surface area contributed by atoms with Crippen LogP contribution in [0.3, 0.4) is 0 Å². The maximum absolute atomic E-state index is 12.9. The summed E-state index contributed by atoms with van der Waals surface area (Å²) in [5.41, 5.74) is 1.90. The van der Waals surface area contributed by atoms with Crippen LogP contribution in [0.5, 0.6) is 0 Å². The van der Waals surface area contributed by atoms with Crippen molar-refractivity contribution in [2.75, 3.05) is 6.54 Å². The molecule has 0 saturated heterocycles. The molecule has 0 atom stereocenters. The molecule has 4 nitrogen and oxygen atoms in total. The van der Waals surface area contributed by atoms with E-state index in [-0.39, 0.29) is 11.7 Å². The van der Waals surface area contributed by atoms with E-state index in [0.717, 1.165) is 0 Å². The Kier molecular flexibility index (Phi) is 3.75. The van der Waals surface area contributed by atoms with Crippen LogP contribution in [0.4, 0.5) is 4.39 Å². The zero-order valence-electron chi connectivity index (χ0n) is 10.6. The van der Waals surface area contributed by atoms with Gasteiger partial charge in [0.05, 0.1) is 23.1 Å². The number of hydrogen-bond acceptors (Lipinski definition) is 2. The van der Waals surface area contributed by atoms with Gasteiger partial charge in [0.2, 0.25) is 0 Å². The van der Waals surface area contributed by atoms with Crippen molar-refractivity contribution in [3.63, 3.8) is 0 Å². The van der Waals surface area contributed by atoms with Crippen molar-refractivity contribution in [3.05, 3.63) is 60.2 Å². The molecule has 0 radical (unpaired) electrons. The maximum atomic E-state index is 12.9. The molecule has 0 aliphatic rings. The van der Waals surface area contributed by atoms with Crippen LogP contribution in [-0.4, -0.2) is 22.2 Å². The third-order valence-electron chi connectivity index (χ3n) is 2.73. The normalized spacial score (nSPS) is 10.2. The van der Waals surface area contributed by atoms with Gasteiger partial charge in [-0.2, -0.15) is 5.10 Å². The van der Waals surface area contributed by atoms with E-state index in [9.17, 15) is 9.18 Å². The summed E-state index contributed by atoms with van der Waals surface area (Å²) in [5.74, 6) is -0.511. The van der Waals surface area contributed by atoms with Crippen molar-refractivity contribution in [1.29, 1.82) is 0 Å². The lowest BCUT2D eigenvalue weighted by atomic mass is 10.2. The number of halogens is 1. The molecular formula is C14H14FN3O. The molecule has 2 aromatic rings. The lowest BCUT2D eigenvalue weighted by molar-refractivity contribution is 0.0957. The Balaban J connectivity index is 2.30. The largest absolute Gasteiger partial charge is 0.348 e. The minimum Gasteiger partial charge on any atom is -0.348 e. The van der Waals surface area contributed by atoms with Gasteiger partial charge in [-0.3, -0.25) is 4.79 Å². The van der Waals surface area contributed by atoms with E-state index < -0.39 is 0 Å². The summed E-state index contributed by atoms with van der Waals surface area (Å²) in [6, 6.07) is 5.93. The van der Waals surface area contributed by atoms with E-state index in [4.69, 9.17) is 0 Å². The quantitative estimate of drug-likeness (QED) is 0.856. The molecular weight excluding hydrogens is 245 g/mol. The molecule has 0 aliphatic carbocycles. The first-order chi connectivity index (χ1) is 9.13. The van der Waals surface area contributed by atoms with Gasteiger partial charge < -0.3 is 5.32 Å². The highest BCUT2D eigenvalue weighted by Gasteiger charge is 2.14. The van der Waals surface area contributed by atoms with Crippen molar-refractivity contribution >= 4 is 5.91 Å². The third-order valence-corrected chi connectivity index (χ3v) is 2.73. The van der Waals surface area contributed by atoms with Crippen LogP contribution in [0.2, 0.25) is 0 Å². The van der Waals surface area contributed by atoms with Crippen LogP contribution < -0.4 is 5.32 Å². The number of nitrogens with one attached hydrogen (secondary N) is 1. The number of nitrogens with zero attached hydrogens (tertiary/aromatic N) is 2. The van der Waals surface area contributed by atoms with Crippen molar-refractivity contribution in [3.8, 4) is 5.69 Å². The molecule has 2 rings (SSSR count). The standard InChI is InChI=1S/C14H14FN3O/c1-3-8-16-14(19)13-9-17-18(10(13)2)12-6-4-11(15)5-7-12/h3-7,9H,1,8H2,2H3,(H,16,19). The van der Waals surface area contributed by atoms with Crippen LogP contribution >= 0.6 is 0 Å². The van der Waals surface area contributed by atoms with E-state index in [1.54, 1.807) is 29.8 Å². The number of benzene rings is 1. The van der Waals surface area contributed by atoms with E-state index >= 15 is 0 Å². The number of aromatic nitrogens is 2. The Labute approximate surface area is 110 Å². The van der Waals surface area contributed by atoms with Gasteiger partial charge in [0.1, 0.15) is 5.82 Å². The lowest BCUT2D eigenvalue weighted by Gasteiger charge is -2.05. The Bertz CT molecular complexity index is 602.